The highest BCUT2D eigenvalue weighted by molar-refractivity contribution is 7.06. The second kappa shape index (κ2) is 2.75. The van der Waals surface area contributed by atoms with Gasteiger partial charge in [-0.2, -0.15) is 0 Å². The Labute approximate surface area is 69.0 Å². The average molecular weight is 170 g/mol. The summed E-state index contributed by atoms with van der Waals surface area (Å²) in [6.07, 6.45) is 2.60. The van der Waals surface area contributed by atoms with Crippen molar-refractivity contribution in [3.8, 4) is 0 Å². The van der Waals surface area contributed by atoms with E-state index in [-0.39, 0.29) is 0 Å². The fourth-order valence-corrected chi connectivity index (χ4v) is 1.37. The first-order valence-electron chi connectivity index (χ1n) is 3.66. The molecule has 0 saturated heterocycles. The van der Waals surface area contributed by atoms with Crippen LogP contribution in [-0.2, 0) is 6.54 Å². The average Bonchev–Trinajstić information content (AvgIpc) is 2.73. The van der Waals surface area contributed by atoms with Crippen molar-refractivity contribution in [2.75, 3.05) is 5.73 Å². The minimum absolute atomic E-state index is 0.572. The first kappa shape index (κ1) is 7.00. The summed E-state index contributed by atoms with van der Waals surface area (Å²) in [5.74, 6) is 0.572. The molecular weight excluding hydrogens is 160 g/mol. The summed E-state index contributed by atoms with van der Waals surface area (Å²) < 4.78 is 3.75. The smallest absolute Gasteiger partial charge is 0.163 e. The van der Waals surface area contributed by atoms with Gasteiger partial charge in [-0.1, -0.05) is 4.49 Å². The summed E-state index contributed by atoms with van der Waals surface area (Å²) in [6.45, 7) is 0.828. The zero-order valence-corrected chi connectivity index (χ0v) is 6.90. The lowest BCUT2D eigenvalue weighted by Crippen LogP contribution is -2.15. The number of nitrogen functional groups attached to an aromatic ring is 1. The quantitative estimate of drug-likeness (QED) is 0.688. The zero-order chi connectivity index (χ0) is 7.68. The van der Waals surface area contributed by atoms with E-state index in [0.717, 1.165) is 17.5 Å². The Morgan fingerprint density at radius 1 is 1.64 bits per heavy atom. The summed E-state index contributed by atoms with van der Waals surface area (Å²) in [4.78, 5) is 1.05. The van der Waals surface area contributed by atoms with Crippen LogP contribution < -0.4 is 11.1 Å². The van der Waals surface area contributed by atoms with Crippen molar-refractivity contribution in [3.63, 3.8) is 0 Å². The highest BCUT2D eigenvalue weighted by Gasteiger charge is 2.20. The first-order valence-corrected chi connectivity index (χ1v) is 4.43. The molecule has 4 nitrogen and oxygen atoms in total. The molecule has 1 fully saturated rings. The molecule has 1 aromatic heterocycles. The van der Waals surface area contributed by atoms with Crippen LogP contribution in [0, 0.1) is 0 Å². The summed E-state index contributed by atoms with van der Waals surface area (Å²) in [7, 11) is 0. The minimum Gasteiger partial charge on any atom is -0.381 e. The van der Waals surface area contributed by atoms with Crippen LogP contribution in [0.4, 0.5) is 5.82 Å². The van der Waals surface area contributed by atoms with E-state index in [4.69, 9.17) is 5.73 Å². The third-order valence-electron chi connectivity index (χ3n) is 1.71. The minimum atomic E-state index is 0.572. The molecule has 1 aliphatic rings. The van der Waals surface area contributed by atoms with E-state index in [1.807, 2.05) is 0 Å². The molecule has 2 rings (SSSR count). The Hall–Kier alpha value is -0.680. The molecule has 1 aromatic rings. The van der Waals surface area contributed by atoms with Crippen LogP contribution in [-0.4, -0.2) is 15.6 Å². The fourth-order valence-electron chi connectivity index (χ4n) is 0.864. The normalized spacial score (nSPS) is 17.1. The molecule has 3 N–H and O–H groups in total. The predicted octanol–water partition coefficient (Wildman–Crippen LogP) is 0.372. The second-order valence-electron chi connectivity index (χ2n) is 2.74. The van der Waals surface area contributed by atoms with E-state index in [1.165, 1.54) is 24.4 Å². The van der Waals surface area contributed by atoms with Gasteiger partial charge in [0.2, 0.25) is 0 Å². The Morgan fingerprint density at radius 2 is 2.45 bits per heavy atom. The van der Waals surface area contributed by atoms with Crippen molar-refractivity contribution in [3.05, 3.63) is 4.88 Å². The van der Waals surface area contributed by atoms with Crippen molar-refractivity contribution in [1.29, 1.82) is 0 Å². The SMILES string of the molecule is Nc1nnsc1CNC1CC1. The maximum absolute atomic E-state index is 5.54. The molecule has 1 heterocycles. The van der Waals surface area contributed by atoms with E-state index in [2.05, 4.69) is 14.9 Å². The molecular formula is C6H10N4S. The molecule has 5 heteroatoms. The monoisotopic (exact) mass is 170 g/mol. The lowest BCUT2D eigenvalue weighted by molar-refractivity contribution is 0.695. The number of rotatable bonds is 3. The summed E-state index contributed by atoms with van der Waals surface area (Å²) in [6, 6.07) is 0.719. The number of hydrogen-bond donors (Lipinski definition) is 2. The molecule has 0 amide bonds. The third kappa shape index (κ3) is 1.66. The maximum Gasteiger partial charge on any atom is 0.163 e. The molecule has 0 unspecified atom stereocenters. The van der Waals surface area contributed by atoms with Gasteiger partial charge < -0.3 is 11.1 Å². The zero-order valence-electron chi connectivity index (χ0n) is 6.08. The molecule has 0 aromatic carbocycles. The molecule has 0 bridgehead atoms. The molecule has 0 spiro atoms. The lowest BCUT2D eigenvalue weighted by Gasteiger charge is -1.97. The van der Waals surface area contributed by atoms with Crippen LogP contribution in [0.25, 0.3) is 0 Å². The highest BCUT2D eigenvalue weighted by atomic mass is 32.1. The number of aromatic nitrogens is 2. The van der Waals surface area contributed by atoms with Gasteiger partial charge in [0.1, 0.15) is 0 Å². The lowest BCUT2D eigenvalue weighted by atomic mass is 10.5. The number of anilines is 1. The summed E-state index contributed by atoms with van der Waals surface area (Å²) in [5, 5.41) is 7.07. The van der Waals surface area contributed by atoms with Gasteiger partial charge in [0, 0.05) is 12.6 Å². The van der Waals surface area contributed by atoms with Crippen LogP contribution in [0.2, 0.25) is 0 Å². The molecule has 0 aliphatic heterocycles. The summed E-state index contributed by atoms with van der Waals surface area (Å²) in [5.41, 5.74) is 5.54. The van der Waals surface area contributed by atoms with Gasteiger partial charge in [-0.25, -0.2) is 0 Å². The van der Waals surface area contributed by atoms with Gasteiger partial charge >= 0.3 is 0 Å². The van der Waals surface area contributed by atoms with Crippen molar-refractivity contribution in [1.82, 2.24) is 14.9 Å². The maximum atomic E-state index is 5.54. The van der Waals surface area contributed by atoms with Crippen molar-refractivity contribution >= 4 is 17.4 Å². The summed E-state index contributed by atoms with van der Waals surface area (Å²) >= 11 is 1.37. The topological polar surface area (TPSA) is 63.8 Å². The second-order valence-corrected chi connectivity index (χ2v) is 3.58. The van der Waals surface area contributed by atoms with Gasteiger partial charge in [0.15, 0.2) is 5.82 Å². The third-order valence-corrected chi connectivity index (χ3v) is 2.45. The first-order chi connectivity index (χ1) is 5.36. The molecule has 60 valence electrons. The Balaban J connectivity index is 1.89. The van der Waals surface area contributed by atoms with E-state index >= 15 is 0 Å². The number of nitrogens with one attached hydrogen (secondary N) is 1. The molecule has 11 heavy (non-hydrogen) atoms. The van der Waals surface area contributed by atoms with E-state index in [9.17, 15) is 0 Å². The van der Waals surface area contributed by atoms with Crippen molar-refractivity contribution < 1.29 is 0 Å². The fraction of sp³-hybridized carbons (Fsp3) is 0.667. The number of nitrogens with two attached hydrogens (primary N) is 1. The van der Waals surface area contributed by atoms with E-state index in [0.29, 0.717) is 5.82 Å². The van der Waals surface area contributed by atoms with Crippen molar-refractivity contribution in [2.45, 2.75) is 25.4 Å². The van der Waals surface area contributed by atoms with Crippen LogP contribution in [0.3, 0.4) is 0 Å². The Kier molecular flexibility index (Phi) is 1.75. The van der Waals surface area contributed by atoms with Gasteiger partial charge in [-0.3, -0.25) is 0 Å². The largest absolute Gasteiger partial charge is 0.381 e. The van der Waals surface area contributed by atoms with Crippen LogP contribution in [0.15, 0.2) is 0 Å². The number of hydrogen-bond acceptors (Lipinski definition) is 5. The molecule has 1 saturated carbocycles. The van der Waals surface area contributed by atoms with Gasteiger partial charge in [-0.05, 0) is 24.4 Å². The van der Waals surface area contributed by atoms with E-state index < -0.39 is 0 Å². The molecule has 0 radical (unpaired) electrons. The highest BCUT2D eigenvalue weighted by Crippen LogP contribution is 2.20. The Morgan fingerprint density at radius 3 is 3.00 bits per heavy atom. The predicted molar refractivity (Wildman–Crippen MR) is 44.2 cm³/mol. The number of nitrogens with zero attached hydrogens (tertiary/aromatic N) is 2. The van der Waals surface area contributed by atoms with E-state index in [1.54, 1.807) is 0 Å². The molecule has 1 aliphatic carbocycles. The van der Waals surface area contributed by atoms with Gasteiger partial charge in [0.05, 0.1) is 4.88 Å². The van der Waals surface area contributed by atoms with Crippen molar-refractivity contribution in [2.24, 2.45) is 0 Å². The van der Waals surface area contributed by atoms with Gasteiger partial charge in [0.25, 0.3) is 0 Å². The Bertz CT molecular complexity index is 242. The van der Waals surface area contributed by atoms with Gasteiger partial charge in [-0.15, -0.1) is 5.10 Å². The van der Waals surface area contributed by atoms with Crippen LogP contribution >= 0.6 is 11.5 Å². The molecule has 0 atom stereocenters. The van der Waals surface area contributed by atoms with Crippen LogP contribution in [0.1, 0.15) is 17.7 Å². The standard InChI is InChI=1S/C6H10N4S/c7-6-5(11-10-9-6)3-8-4-1-2-4/h4,8H,1-3,7H2. The van der Waals surface area contributed by atoms with Crippen LogP contribution in [0.5, 0.6) is 0 Å².